The molecule has 12 heteroatoms. The summed E-state index contributed by atoms with van der Waals surface area (Å²) in [5, 5.41) is 37.0. The quantitative estimate of drug-likeness (QED) is 0.556. The highest BCUT2D eigenvalue weighted by molar-refractivity contribution is 6.59. The Labute approximate surface area is 143 Å². The highest BCUT2D eigenvalue weighted by Crippen LogP contribution is 2.30. The molecule has 0 saturated heterocycles. The maximum atomic E-state index is 12.4. The van der Waals surface area contributed by atoms with E-state index < -0.39 is 35.8 Å². The summed E-state index contributed by atoms with van der Waals surface area (Å²) in [6, 6.07) is 5.89. The molecule has 2 rings (SSSR count). The van der Waals surface area contributed by atoms with Gasteiger partial charge in [0, 0.05) is 11.0 Å². The Bertz CT molecular complexity index is 1010. The number of nitrogens with one attached hydrogen (secondary N) is 1. The van der Waals surface area contributed by atoms with E-state index in [9.17, 15) is 33.3 Å². The lowest BCUT2D eigenvalue weighted by molar-refractivity contribution is -0.274. The molecule has 0 aliphatic heterocycles. The van der Waals surface area contributed by atoms with E-state index in [0.717, 1.165) is 18.2 Å². The van der Waals surface area contributed by atoms with Gasteiger partial charge in [0.15, 0.2) is 0 Å². The van der Waals surface area contributed by atoms with Gasteiger partial charge in [-0.15, -0.1) is 13.2 Å². The monoisotopic (exact) mass is 364 g/mol. The number of halogens is 3. The maximum Gasteiger partial charge on any atom is 0.573 e. The first-order chi connectivity index (χ1) is 12.1. The molecule has 1 aromatic heterocycles. The number of hydrogen-bond acceptors (Lipinski definition) is 7. The van der Waals surface area contributed by atoms with E-state index in [1.807, 2.05) is 0 Å². The van der Waals surface area contributed by atoms with Gasteiger partial charge in [0.2, 0.25) is 0 Å². The Morgan fingerprint density at radius 3 is 2.31 bits per heavy atom. The van der Waals surface area contributed by atoms with Crippen LogP contribution in [0.15, 0.2) is 23.0 Å². The summed E-state index contributed by atoms with van der Waals surface area (Å²) in [4.78, 5) is 14.0. The van der Waals surface area contributed by atoms with Crippen LogP contribution in [0.5, 0.6) is 5.75 Å². The average Bonchev–Trinajstić information content (AvgIpc) is 2.53. The Hall–Kier alpha value is -3.48. The van der Waals surface area contributed by atoms with Crippen LogP contribution in [0, 0.1) is 22.7 Å². The van der Waals surface area contributed by atoms with Crippen molar-refractivity contribution in [3.05, 3.63) is 39.7 Å². The highest BCUT2D eigenvalue weighted by Gasteiger charge is 2.34. The topological polar surface area (TPSA) is 156 Å². The van der Waals surface area contributed by atoms with Gasteiger partial charge in [-0.05, 0) is 11.6 Å². The first kappa shape index (κ1) is 18.9. The number of aromatic nitrogens is 1. The fourth-order valence-electron chi connectivity index (χ4n) is 2.26. The number of hydrogen-bond donors (Lipinski definition) is 4. The fourth-order valence-corrected chi connectivity index (χ4v) is 2.26. The second-order valence-electron chi connectivity index (χ2n) is 4.89. The Morgan fingerprint density at radius 2 is 1.81 bits per heavy atom. The molecule has 0 unspecified atom stereocenters. The molecule has 0 fully saturated rings. The third-order valence-corrected chi connectivity index (χ3v) is 3.27. The second kappa shape index (κ2) is 6.80. The number of nitrogens with two attached hydrogens (primary N) is 1. The molecule has 0 radical (unpaired) electrons. The summed E-state index contributed by atoms with van der Waals surface area (Å²) in [6.45, 7) is 0. The van der Waals surface area contributed by atoms with Gasteiger partial charge in [-0.25, -0.2) is 0 Å². The molecule has 132 valence electrons. The van der Waals surface area contributed by atoms with Gasteiger partial charge >= 0.3 is 13.5 Å². The van der Waals surface area contributed by atoms with Crippen molar-refractivity contribution in [1.29, 1.82) is 10.5 Å². The maximum absolute atomic E-state index is 12.4. The van der Waals surface area contributed by atoms with Crippen LogP contribution in [0.25, 0.3) is 11.1 Å². The molecular weight excluding hydrogens is 356 g/mol. The zero-order valence-electron chi connectivity index (χ0n) is 12.6. The summed E-state index contributed by atoms with van der Waals surface area (Å²) < 4.78 is 41.0. The molecule has 0 aliphatic carbocycles. The molecule has 0 amide bonds. The van der Waals surface area contributed by atoms with Gasteiger partial charge in [-0.2, -0.15) is 10.5 Å². The predicted molar refractivity (Wildman–Crippen MR) is 82.8 cm³/mol. The summed E-state index contributed by atoms with van der Waals surface area (Å²) in [5.74, 6) is -1.25. The smallest absolute Gasteiger partial charge is 0.423 e. The van der Waals surface area contributed by atoms with E-state index in [1.165, 1.54) is 0 Å². The zero-order valence-corrected chi connectivity index (χ0v) is 12.6. The summed E-state index contributed by atoms with van der Waals surface area (Å²) >= 11 is 0. The molecule has 0 spiro atoms. The molecule has 2 aromatic rings. The van der Waals surface area contributed by atoms with Crippen LogP contribution in [0.4, 0.5) is 19.0 Å². The lowest BCUT2D eigenvalue weighted by Gasteiger charge is -2.15. The number of rotatable bonds is 3. The lowest BCUT2D eigenvalue weighted by atomic mass is 9.77. The molecule has 1 heterocycles. The highest BCUT2D eigenvalue weighted by atomic mass is 19.4. The fraction of sp³-hybridized carbons (Fsp3) is 0.0714. The van der Waals surface area contributed by atoms with Crippen molar-refractivity contribution in [2.75, 3.05) is 5.73 Å². The van der Waals surface area contributed by atoms with Crippen molar-refractivity contribution in [3.63, 3.8) is 0 Å². The number of pyridine rings is 1. The van der Waals surface area contributed by atoms with Crippen molar-refractivity contribution < 1.29 is 28.0 Å². The van der Waals surface area contributed by atoms with E-state index in [2.05, 4.69) is 9.72 Å². The number of benzene rings is 1. The molecule has 5 N–H and O–H groups in total. The van der Waals surface area contributed by atoms with Crippen molar-refractivity contribution >= 4 is 18.4 Å². The van der Waals surface area contributed by atoms with Gasteiger partial charge in [-0.3, -0.25) is 4.79 Å². The van der Waals surface area contributed by atoms with E-state index in [1.54, 1.807) is 12.1 Å². The van der Waals surface area contributed by atoms with E-state index >= 15 is 0 Å². The van der Waals surface area contributed by atoms with Crippen LogP contribution in [0.3, 0.4) is 0 Å². The van der Waals surface area contributed by atoms with Gasteiger partial charge in [0.1, 0.15) is 34.8 Å². The number of alkyl halides is 3. The lowest BCUT2D eigenvalue weighted by Crippen LogP contribution is -2.34. The number of ether oxygens (including phenoxy) is 1. The van der Waals surface area contributed by atoms with Crippen LogP contribution in [-0.2, 0) is 0 Å². The minimum Gasteiger partial charge on any atom is -0.423 e. The Balaban J connectivity index is 2.80. The predicted octanol–water partition coefficient (Wildman–Crippen LogP) is -0.0541. The van der Waals surface area contributed by atoms with Crippen LogP contribution in [-0.4, -0.2) is 28.5 Å². The third kappa shape index (κ3) is 3.61. The van der Waals surface area contributed by atoms with Crippen molar-refractivity contribution in [2.24, 2.45) is 0 Å². The number of H-pyrrole nitrogens is 1. The zero-order chi connectivity index (χ0) is 19.6. The first-order valence-corrected chi connectivity index (χ1v) is 6.71. The van der Waals surface area contributed by atoms with Gasteiger partial charge in [-0.1, -0.05) is 12.1 Å². The van der Waals surface area contributed by atoms with Crippen LogP contribution in [0.1, 0.15) is 11.1 Å². The minimum atomic E-state index is -5.09. The molecule has 8 nitrogen and oxygen atoms in total. The molecule has 0 atom stereocenters. The van der Waals surface area contributed by atoms with Crippen LogP contribution in [0.2, 0.25) is 0 Å². The van der Waals surface area contributed by atoms with Crippen molar-refractivity contribution in [1.82, 2.24) is 4.98 Å². The number of nitrogen functional groups attached to an aromatic ring is 1. The first-order valence-electron chi connectivity index (χ1n) is 6.71. The van der Waals surface area contributed by atoms with Gasteiger partial charge in [0.25, 0.3) is 5.56 Å². The SMILES string of the molecule is N#Cc1c(N)[nH]c(=O)c(C#N)c1-c1ccc(OC(F)(F)F)c(B(O)O)c1. The number of nitriles is 2. The molecule has 0 saturated carbocycles. The van der Waals surface area contributed by atoms with Crippen LogP contribution >= 0.6 is 0 Å². The third-order valence-electron chi connectivity index (χ3n) is 3.27. The summed E-state index contributed by atoms with van der Waals surface area (Å²) in [5.41, 5.74) is 2.77. The second-order valence-corrected chi connectivity index (χ2v) is 4.89. The summed E-state index contributed by atoms with van der Waals surface area (Å²) in [7, 11) is -2.36. The average molecular weight is 364 g/mol. The van der Waals surface area contributed by atoms with E-state index in [-0.39, 0.29) is 22.5 Å². The van der Waals surface area contributed by atoms with E-state index in [0.29, 0.717) is 0 Å². The van der Waals surface area contributed by atoms with Gasteiger partial charge < -0.3 is 25.5 Å². The number of aromatic amines is 1. The Morgan fingerprint density at radius 1 is 1.19 bits per heavy atom. The van der Waals surface area contributed by atoms with Gasteiger partial charge in [0.05, 0.1) is 0 Å². The van der Waals surface area contributed by atoms with Crippen molar-refractivity contribution in [3.8, 4) is 29.0 Å². The van der Waals surface area contributed by atoms with Crippen LogP contribution < -0.4 is 21.5 Å². The standard InChI is InChI=1S/C14H8BF3N4O4/c16-14(17,18)26-10-2-1-6(3-9(10)15(24)25)11-7(4-19)12(21)22-13(23)8(11)5-20/h1-3,24-25H,(H3,21,22,23). The largest absolute Gasteiger partial charge is 0.573 e. The normalized spacial score (nSPS) is 10.7. The molecular formula is C14H8BF3N4O4. The number of nitrogens with zero attached hydrogens (tertiary/aromatic N) is 2. The van der Waals surface area contributed by atoms with Crippen molar-refractivity contribution in [2.45, 2.75) is 6.36 Å². The minimum absolute atomic E-state index is 0.103. The Kier molecular flexibility index (Phi) is 4.93. The molecule has 0 aliphatic rings. The molecule has 0 bridgehead atoms. The molecule has 1 aromatic carbocycles. The number of anilines is 1. The summed E-state index contributed by atoms with van der Waals surface area (Å²) in [6.07, 6.45) is -5.09. The van der Waals surface area contributed by atoms with E-state index in [4.69, 9.17) is 11.0 Å². The molecule has 26 heavy (non-hydrogen) atoms.